The highest BCUT2D eigenvalue weighted by Crippen LogP contribution is 2.55. The van der Waals surface area contributed by atoms with E-state index in [-0.39, 0.29) is 16.2 Å². The third-order valence-electron chi connectivity index (χ3n) is 28.8. The Morgan fingerprint density at radius 3 is 0.942 bits per heavy atom. The standard InChI is InChI=1S/2C43H31N3.C42H30N4/c1-43(2)36-22-11-9-20-32(36)34-25-35-33-21-10-12-23-40(33)46(41(35)26-37(34)43)31-19-13-18-30(24-31)42-44-38(28-14-5-3-6-15-28)27-39(45-42)29-16-7-4-8-17-29;1-43(2)37-17-8-6-15-33(37)35-26-36-34-16-7-9-18-40(34)46(41(36)27-38(35)43)42-44-24-23-39(45-42)30-21-19-29(20-22-30)32-14-10-13-31(25-32)28-11-4-3-5-12-28;1-42(2)35-19-11-9-17-31(35)33-25-34-32-18-10-12-20-37(32)46(38(34)26-36(33)42)30-23-21-29(22-24-30)41-44-39(27-13-5-3-6-14-27)43-40(45-41)28-15-7-4-8-16-28/h2*3-27H,1-2H3;3-26H,1-2H3. The fraction of sp³-hybridized carbons (Fsp3) is 0.0703. The lowest BCUT2D eigenvalue weighted by Gasteiger charge is -2.21. The van der Waals surface area contributed by atoms with Crippen molar-refractivity contribution in [1.29, 1.82) is 0 Å². The summed E-state index contributed by atoms with van der Waals surface area (Å²) in [5, 5.41) is 7.46. The van der Waals surface area contributed by atoms with Crippen LogP contribution in [0.15, 0.2) is 449 Å². The molecule has 0 aliphatic heterocycles. The van der Waals surface area contributed by atoms with Crippen molar-refractivity contribution in [1.82, 2.24) is 48.6 Å². The number of nitrogens with zero attached hydrogens (tertiary/aromatic N) is 10. The van der Waals surface area contributed by atoms with Crippen molar-refractivity contribution in [2.45, 2.75) is 57.8 Å². The van der Waals surface area contributed by atoms with Crippen LogP contribution < -0.4 is 0 Å². The molecule has 27 rings (SSSR count). The molecule has 3 aliphatic carbocycles. The predicted octanol–water partition coefficient (Wildman–Crippen LogP) is 32.0. The molecule has 0 fully saturated rings. The van der Waals surface area contributed by atoms with Gasteiger partial charge in [0, 0.05) is 105 Å². The van der Waals surface area contributed by atoms with Crippen LogP contribution in [0.25, 0.3) is 218 Å². The van der Waals surface area contributed by atoms with Gasteiger partial charge in [-0.05, 0) is 198 Å². The number of benzene rings is 18. The van der Waals surface area contributed by atoms with Gasteiger partial charge in [-0.15, -0.1) is 0 Å². The summed E-state index contributed by atoms with van der Waals surface area (Å²) < 4.78 is 7.04. The minimum atomic E-state index is -0.0908. The summed E-state index contributed by atoms with van der Waals surface area (Å²) in [6.45, 7) is 14.0. The van der Waals surface area contributed by atoms with Crippen LogP contribution in [0.2, 0.25) is 0 Å². The van der Waals surface area contributed by atoms with Crippen LogP contribution in [-0.2, 0) is 16.2 Å². The van der Waals surface area contributed by atoms with Crippen LogP contribution in [0.4, 0.5) is 0 Å². The molecule has 0 bridgehead atoms. The smallest absolute Gasteiger partial charge is 0.235 e. The van der Waals surface area contributed by atoms with Gasteiger partial charge < -0.3 is 9.13 Å². The van der Waals surface area contributed by atoms with Crippen molar-refractivity contribution >= 4 is 65.4 Å². The summed E-state index contributed by atoms with van der Waals surface area (Å²) >= 11 is 0. The van der Waals surface area contributed by atoms with Gasteiger partial charge in [-0.2, -0.15) is 0 Å². The maximum absolute atomic E-state index is 5.16. The second kappa shape index (κ2) is 33.0. The van der Waals surface area contributed by atoms with E-state index < -0.39 is 0 Å². The summed E-state index contributed by atoms with van der Waals surface area (Å²) in [4.78, 5) is 35.0. The topological polar surface area (TPSA) is 105 Å². The van der Waals surface area contributed by atoms with Crippen LogP contribution in [0.1, 0.15) is 74.9 Å². The van der Waals surface area contributed by atoms with Crippen molar-refractivity contribution < 1.29 is 0 Å². The summed E-state index contributed by atoms with van der Waals surface area (Å²) in [5.74, 6) is 3.36. The van der Waals surface area contributed by atoms with E-state index in [4.69, 9.17) is 34.9 Å². The molecular formula is C128H92N10. The molecule has 10 heteroatoms. The Bertz CT molecular complexity index is 8830. The molecule has 24 aromatic rings. The fourth-order valence-electron chi connectivity index (χ4n) is 21.8. The predicted molar refractivity (Wildman–Crippen MR) is 569 cm³/mol. The Balaban J connectivity index is 0.000000110. The third-order valence-corrected chi connectivity index (χ3v) is 28.8. The molecular weight excluding hydrogens is 1680 g/mol. The molecule has 0 saturated heterocycles. The largest absolute Gasteiger partial charge is 0.309 e. The highest BCUT2D eigenvalue weighted by atomic mass is 15.2. The van der Waals surface area contributed by atoms with Crippen LogP contribution >= 0.6 is 0 Å². The maximum atomic E-state index is 5.16. The molecule has 6 aromatic heterocycles. The molecule has 0 spiro atoms. The van der Waals surface area contributed by atoms with Gasteiger partial charge in [0.2, 0.25) is 5.95 Å². The van der Waals surface area contributed by atoms with Crippen molar-refractivity contribution in [3.8, 4) is 152 Å². The summed E-state index contributed by atoms with van der Waals surface area (Å²) in [6, 6.07) is 157. The molecule has 3 aliphatic rings. The summed E-state index contributed by atoms with van der Waals surface area (Å²) in [6.07, 6.45) is 1.88. The van der Waals surface area contributed by atoms with E-state index in [0.29, 0.717) is 29.2 Å². The van der Waals surface area contributed by atoms with E-state index in [0.717, 1.165) is 78.4 Å². The molecule has 654 valence electrons. The third kappa shape index (κ3) is 14.0. The number of para-hydroxylation sites is 3. The SMILES string of the molecule is CC1(C)c2ccccc2-c2cc3c4ccccc4n(-c4ccc(-c5nc(-c6ccccc6)nc(-c6ccccc6)n5)cc4)c3cc21.CC1(C)c2ccccc2-c2cc3c4ccccc4n(-c4cccc(-c5nc(-c6ccccc6)cc(-c6ccccc6)n5)c4)c3cc21.CC1(C)c2ccccc2-c2cc3c4ccccc4n(-c4nccc(-c5ccc(-c6cccc(-c7ccccc7)c6)cc5)n4)c3cc21. The first kappa shape index (κ1) is 82.4. The molecule has 6 heterocycles. The zero-order valence-corrected chi connectivity index (χ0v) is 77.2. The Labute approximate surface area is 801 Å². The quantitative estimate of drug-likeness (QED) is 0.120. The maximum Gasteiger partial charge on any atom is 0.235 e. The normalized spacial score (nSPS) is 13.2. The highest BCUT2D eigenvalue weighted by molar-refractivity contribution is 6.15. The monoisotopic (exact) mass is 1770 g/mol. The van der Waals surface area contributed by atoms with Crippen molar-refractivity contribution in [3.05, 3.63) is 482 Å². The molecule has 0 N–H and O–H groups in total. The Kier molecular flexibility index (Phi) is 19.7. The average Bonchev–Trinajstić information content (AvgIpc) is 1.56. The fourth-order valence-corrected chi connectivity index (χ4v) is 21.8. The second-order valence-corrected chi connectivity index (χ2v) is 37.9. The lowest BCUT2D eigenvalue weighted by molar-refractivity contribution is 0.661. The van der Waals surface area contributed by atoms with Crippen LogP contribution in [0.3, 0.4) is 0 Å². The molecule has 0 saturated carbocycles. The van der Waals surface area contributed by atoms with Crippen LogP contribution in [0.5, 0.6) is 0 Å². The highest BCUT2D eigenvalue weighted by Gasteiger charge is 2.40. The number of fused-ring (bicyclic) bond motifs is 18. The molecule has 138 heavy (non-hydrogen) atoms. The van der Waals surface area contributed by atoms with Crippen molar-refractivity contribution in [2.75, 3.05) is 0 Å². The second-order valence-electron chi connectivity index (χ2n) is 37.9. The zero-order valence-electron chi connectivity index (χ0n) is 77.2. The van der Waals surface area contributed by atoms with E-state index in [1.165, 1.54) is 143 Å². The van der Waals surface area contributed by atoms with Gasteiger partial charge in [-0.3, -0.25) is 4.57 Å². The van der Waals surface area contributed by atoms with E-state index in [1.54, 1.807) is 0 Å². The van der Waals surface area contributed by atoms with Gasteiger partial charge in [0.05, 0.1) is 50.2 Å². The summed E-state index contributed by atoms with van der Waals surface area (Å²) in [7, 11) is 0. The van der Waals surface area contributed by atoms with E-state index in [2.05, 4.69) is 419 Å². The number of rotatable bonds is 12. The first-order chi connectivity index (χ1) is 67.7. The molecule has 10 nitrogen and oxygen atoms in total. The van der Waals surface area contributed by atoms with Gasteiger partial charge >= 0.3 is 0 Å². The van der Waals surface area contributed by atoms with Crippen LogP contribution in [-0.4, -0.2) is 48.6 Å². The zero-order chi connectivity index (χ0) is 92.5. The minimum absolute atomic E-state index is 0.0726. The first-order valence-corrected chi connectivity index (χ1v) is 47.4. The number of aromatic nitrogens is 10. The average molecular weight is 1770 g/mol. The lowest BCUT2D eigenvalue weighted by Crippen LogP contribution is -2.15. The Morgan fingerprint density at radius 2 is 0.493 bits per heavy atom. The van der Waals surface area contributed by atoms with Crippen molar-refractivity contribution in [2.24, 2.45) is 0 Å². The van der Waals surface area contributed by atoms with E-state index in [9.17, 15) is 0 Å². The minimum Gasteiger partial charge on any atom is -0.309 e. The molecule has 0 amide bonds. The molecule has 0 atom stereocenters. The number of hydrogen-bond donors (Lipinski definition) is 0. The van der Waals surface area contributed by atoms with E-state index in [1.807, 2.05) is 85.1 Å². The van der Waals surface area contributed by atoms with Crippen molar-refractivity contribution in [3.63, 3.8) is 0 Å². The number of hydrogen-bond acceptors (Lipinski definition) is 7. The molecule has 18 aromatic carbocycles. The van der Waals surface area contributed by atoms with Gasteiger partial charge in [-0.25, -0.2) is 34.9 Å². The molecule has 0 unspecified atom stereocenters. The van der Waals surface area contributed by atoms with Gasteiger partial charge in [0.15, 0.2) is 23.3 Å². The molecule has 0 radical (unpaired) electrons. The van der Waals surface area contributed by atoms with Gasteiger partial charge in [0.25, 0.3) is 0 Å². The van der Waals surface area contributed by atoms with Gasteiger partial charge in [-0.1, -0.05) is 375 Å². The van der Waals surface area contributed by atoms with E-state index >= 15 is 0 Å². The Hall–Kier alpha value is -17.5. The van der Waals surface area contributed by atoms with Crippen LogP contribution in [0, 0.1) is 0 Å². The summed E-state index contributed by atoms with van der Waals surface area (Å²) in [5.41, 5.74) is 39.8. The Morgan fingerprint density at radius 1 is 0.174 bits per heavy atom. The van der Waals surface area contributed by atoms with Gasteiger partial charge in [0.1, 0.15) is 0 Å². The lowest BCUT2D eigenvalue weighted by atomic mass is 9.82. The first-order valence-electron chi connectivity index (χ1n) is 47.4.